The molecule has 0 unspecified atom stereocenters. The van der Waals surface area contributed by atoms with E-state index in [1.54, 1.807) is 11.3 Å². The van der Waals surface area contributed by atoms with Gasteiger partial charge in [-0.15, -0.1) is 11.3 Å². The summed E-state index contributed by atoms with van der Waals surface area (Å²) in [5, 5.41) is 6.32. The molecule has 1 amide bonds. The van der Waals surface area contributed by atoms with Gasteiger partial charge in [0.2, 0.25) is 5.91 Å². The van der Waals surface area contributed by atoms with Crippen molar-refractivity contribution in [2.75, 3.05) is 18.9 Å². The lowest BCUT2D eigenvalue weighted by Gasteiger charge is -2.15. The third-order valence-electron chi connectivity index (χ3n) is 4.53. The van der Waals surface area contributed by atoms with Crippen molar-refractivity contribution in [1.82, 2.24) is 9.88 Å². The highest BCUT2D eigenvalue weighted by atomic mass is 32.1. The zero-order chi connectivity index (χ0) is 18.6. The molecule has 0 aliphatic heterocycles. The Morgan fingerprint density at radius 1 is 1.04 bits per heavy atom. The molecule has 27 heavy (non-hydrogen) atoms. The highest BCUT2D eigenvalue weighted by Gasteiger charge is 2.10. The van der Waals surface area contributed by atoms with E-state index in [4.69, 9.17) is 0 Å². The summed E-state index contributed by atoms with van der Waals surface area (Å²) in [7, 11) is 2.03. The molecular weight excluding hydrogens is 354 g/mol. The van der Waals surface area contributed by atoms with E-state index in [2.05, 4.69) is 33.4 Å². The zero-order valence-corrected chi connectivity index (χ0v) is 16.0. The number of amides is 1. The second-order valence-corrected chi connectivity index (χ2v) is 7.75. The van der Waals surface area contributed by atoms with Crippen LogP contribution >= 0.6 is 11.3 Å². The summed E-state index contributed by atoms with van der Waals surface area (Å²) in [6, 6.07) is 22.2. The second-order valence-electron chi connectivity index (χ2n) is 6.64. The number of anilines is 1. The van der Waals surface area contributed by atoms with E-state index >= 15 is 0 Å². The SMILES string of the molecule is CN(CCC(=O)Nc1cccc2ccccc12)Cc1nc2ccccc2s1. The van der Waals surface area contributed by atoms with E-state index in [1.165, 1.54) is 4.70 Å². The molecule has 0 fully saturated rings. The number of nitrogens with one attached hydrogen (secondary N) is 1. The largest absolute Gasteiger partial charge is 0.325 e. The van der Waals surface area contributed by atoms with Crippen molar-refractivity contribution in [3.8, 4) is 0 Å². The van der Waals surface area contributed by atoms with Crippen LogP contribution in [0.2, 0.25) is 0 Å². The molecule has 0 aliphatic rings. The highest BCUT2D eigenvalue weighted by molar-refractivity contribution is 7.18. The van der Waals surface area contributed by atoms with E-state index in [1.807, 2.05) is 55.6 Å². The summed E-state index contributed by atoms with van der Waals surface area (Å²) < 4.78 is 1.20. The van der Waals surface area contributed by atoms with Crippen LogP contribution in [0.5, 0.6) is 0 Å². The van der Waals surface area contributed by atoms with E-state index in [0.29, 0.717) is 13.0 Å². The van der Waals surface area contributed by atoms with E-state index in [0.717, 1.165) is 33.5 Å². The smallest absolute Gasteiger partial charge is 0.225 e. The van der Waals surface area contributed by atoms with Crippen molar-refractivity contribution in [3.63, 3.8) is 0 Å². The summed E-state index contributed by atoms with van der Waals surface area (Å²) >= 11 is 1.71. The molecule has 5 heteroatoms. The minimum atomic E-state index is 0.0301. The van der Waals surface area contributed by atoms with Gasteiger partial charge in [-0.25, -0.2) is 4.98 Å². The Hall–Kier alpha value is -2.76. The van der Waals surface area contributed by atoms with Crippen LogP contribution in [0.15, 0.2) is 66.7 Å². The molecular formula is C22H21N3OS. The third-order valence-corrected chi connectivity index (χ3v) is 5.55. The quantitative estimate of drug-likeness (QED) is 0.521. The molecule has 1 heterocycles. The van der Waals surface area contributed by atoms with E-state index < -0.39 is 0 Å². The molecule has 4 rings (SSSR count). The van der Waals surface area contributed by atoms with Crippen LogP contribution in [0.3, 0.4) is 0 Å². The number of thiazole rings is 1. The van der Waals surface area contributed by atoms with Crippen molar-refractivity contribution in [3.05, 3.63) is 71.7 Å². The van der Waals surface area contributed by atoms with Crippen LogP contribution in [0.25, 0.3) is 21.0 Å². The van der Waals surface area contributed by atoms with Gasteiger partial charge in [-0.2, -0.15) is 0 Å². The molecule has 4 nitrogen and oxygen atoms in total. The van der Waals surface area contributed by atoms with Crippen molar-refractivity contribution in [1.29, 1.82) is 0 Å². The van der Waals surface area contributed by atoms with Gasteiger partial charge in [0.25, 0.3) is 0 Å². The van der Waals surface area contributed by atoms with Gasteiger partial charge in [0.05, 0.1) is 16.8 Å². The fraction of sp³-hybridized carbons (Fsp3) is 0.182. The monoisotopic (exact) mass is 375 g/mol. The maximum atomic E-state index is 12.4. The van der Waals surface area contributed by atoms with Gasteiger partial charge in [0.1, 0.15) is 5.01 Å². The topological polar surface area (TPSA) is 45.2 Å². The second kappa shape index (κ2) is 7.86. The molecule has 0 radical (unpaired) electrons. The number of benzene rings is 3. The van der Waals surface area contributed by atoms with Gasteiger partial charge >= 0.3 is 0 Å². The molecule has 136 valence electrons. The highest BCUT2D eigenvalue weighted by Crippen LogP contribution is 2.24. The minimum Gasteiger partial charge on any atom is -0.325 e. The lowest BCUT2D eigenvalue weighted by atomic mass is 10.1. The lowest BCUT2D eigenvalue weighted by Crippen LogP contribution is -2.24. The maximum Gasteiger partial charge on any atom is 0.225 e. The zero-order valence-electron chi connectivity index (χ0n) is 15.2. The first-order chi connectivity index (χ1) is 13.2. The van der Waals surface area contributed by atoms with Gasteiger partial charge in [-0.1, -0.05) is 48.5 Å². The Kier molecular flexibility index (Phi) is 5.14. The summed E-state index contributed by atoms with van der Waals surface area (Å²) in [5.41, 5.74) is 1.91. The van der Waals surface area contributed by atoms with Gasteiger partial charge < -0.3 is 5.32 Å². The van der Waals surface area contributed by atoms with E-state index in [9.17, 15) is 4.79 Å². The normalized spacial score (nSPS) is 11.3. The van der Waals surface area contributed by atoms with Crippen LogP contribution in [-0.2, 0) is 11.3 Å². The number of carbonyl (C=O) groups is 1. The summed E-state index contributed by atoms with van der Waals surface area (Å²) in [4.78, 5) is 19.2. The van der Waals surface area contributed by atoms with Crippen molar-refractivity contribution < 1.29 is 4.79 Å². The van der Waals surface area contributed by atoms with Crippen LogP contribution in [0.4, 0.5) is 5.69 Å². The Labute approximate surface area is 162 Å². The lowest BCUT2D eigenvalue weighted by molar-refractivity contribution is -0.116. The number of rotatable bonds is 6. The molecule has 0 atom stereocenters. The van der Waals surface area contributed by atoms with Gasteiger partial charge in [-0.3, -0.25) is 9.69 Å². The summed E-state index contributed by atoms with van der Waals surface area (Å²) in [6.07, 6.45) is 0.449. The Morgan fingerprint density at radius 2 is 1.81 bits per heavy atom. The van der Waals surface area contributed by atoms with Crippen LogP contribution in [-0.4, -0.2) is 29.4 Å². The first-order valence-electron chi connectivity index (χ1n) is 9.00. The number of hydrogen-bond acceptors (Lipinski definition) is 4. The number of fused-ring (bicyclic) bond motifs is 2. The average Bonchev–Trinajstić information content (AvgIpc) is 3.09. The Morgan fingerprint density at radius 3 is 2.70 bits per heavy atom. The maximum absolute atomic E-state index is 12.4. The number of carbonyl (C=O) groups excluding carboxylic acids is 1. The van der Waals surface area contributed by atoms with Crippen LogP contribution < -0.4 is 5.32 Å². The first kappa shape index (κ1) is 17.6. The third kappa shape index (κ3) is 4.15. The van der Waals surface area contributed by atoms with Crippen LogP contribution in [0.1, 0.15) is 11.4 Å². The number of para-hydroxylation sites is 1. The molecule has 1 N–H and O–H groups in total. The average molecular weight is 375 g/mol. The first-order valence-corrected chi connectivity index (χ1v) is 9.81. The molecule has 1 aromatic heterocycles. The Bertz CT molecular complexity index is 1050. The summed E-state index contributed by atoms with van der Waals surface area (Å²) in [6.45, 7) is 1.44. The number of nitrogens with zero attached hydrogens (tertiary/aromatic N) is 2. The fourth-order valence-corrected chi connectivity index (χ4v) is 4.18. The van der Waals surface area contributed by atoms with Crippen molar-refractivity contribution in [2.45, 2.75) is 13.0 Å². The number of aromatic nitrogens is 1. The molecule has 0 saturated carbocycles. The van der Waals surface area contributed by atoms with Crippen molar-refractivity contribution in [2.24, 2.45) is 0 Å². The van der Waals surface area contributed by atoms with Gasteiger partial charge in [0, 0.05) is 24.0 Å². The summed E-state index contributed by atoms with van der Waals surface area (Å²) in [5.74, 6) is 0.0301. The fourth-order valence-electron chi connectivity index (χ4n) is 3.14. The molecule has 0 aliphatic carbocycles. The van der Waals surface area contributed by atoms with Crippen molar-refractivity contribution >= 4 is 43.9 Å². The molecule has 0 bridgehead atoms. The molecule has 0 spiro atoms. The minimum absolute atomic E-state index is 0.0301. The Balaban J connectivity index is 1.34. The standard InChI is InChI=1S/C22H21N3OS/c1-25(15-22-24-19-10-4-5-12-20(19)27-22)14-13-21(26)23-18-11-6-8-16-7-2-3-9-17(16)18/h2-12H,13-15H2,1H3,(H,23,26). The van der Waals surface area contributed by atoms with Crippen LogP contribution in [0, 0.1) is 0 Å². The predicted molar refractivity (Wildman–Crippen MR) is 113 cm³/mol. The predicted octanol–water partition coefficient (Wildman–Crippen LogP) is 4.91. The number of hydrogen-bond donors (Lipinski definition) is 1. The molecule has 4 aromatic rings. The van der Waals surface area contributed by atoms with Gasteiger partial charge in [0.15, 0.2) is 0 Å². The molecule has 0 saturated heterocycles. The van der Waals surface area contributed by atoms with Gasteiger partial charge in [-0.05, 0) is 30.6 Å². The van der Waals surface area contributed by atoms with E-state index in [-0.39, 0.29) is 5.91 Å². The molecule has 3 aromatic carbocycles.